The second kappa shape index (κ2) is 3.57. The molecule has 0 aromatic carbocycles. The summed E-state index contributed by atoms with van der Waals surface area (Å²) in [4.78, 5) is 13.6. The highest BCUT2D eigenvalue weighted by atomic mass is 32.2. The molecule has 0 bridgehead atoms. The number of rotatable bonds is 2. The van der Waals surface area contributed by atoms with Crippen LogP contribution in [0, 0.1) is 0 Å². The highest BCUT2D eigenvalue weighted by molar-refractivity contribution is 7.98. The Morgan fingerprint density at radius 1 is 1.73 bits per heavy atom. The zero-order valence-electron chi connectivity index (χ0n) is 6.63. The molecule has 1 aromatic heterocycles. The predicted octanol–water partition coefficient (Wildman–Crippen LogP) is 0.404. The standard InChI is InChI=1S/C7H10N2OS/c1-3-9-5-4-6(10)8-7(9)11-2/h4-5H,3H2,1-2H3/p+1. The maximum atomic E-state index is 10.8. The molecule has 1 rings (SSSR count). The first kappa shape index (κ1) is 8.33. The van der Waals surface area contributed by atoms with Crippen molar-refractivity contribution in [3.8, 4) is 0 Å². The molecule has 0 aliphatic rings. The van der Waals surface area contributed by atoms with E-state index in [1.807, 2.05) is 17.7 Å². The number of aromatic amines is 1. The van der Waals surface area contributed by atoms with E-state index in [0.717, 1.165) is 11.7 Å². The molecule has 60 valence electrons. The third kappa shape index (κ3) is 1.83. The third-order valence-corrected chi connectivity index (χ3v) is 2.15. The Bertz CT molecular complexity index is 295. The Morgan fingerprint density at radius 2 is 2.45 bits per heavy atom. The van der Waals surface area contributed by atoms with E-state index < -0.39 is 0 Å². The fraction of sp³-hybridized carbons (Fsp3) is 0.429. The lowest BCUT2D eigenvalue weighted by Crippen LogP contribution is -2.37. The summed E-state index contributed by atoms with van der Waals surface area (Å²) in [7, 11) is 0. The van der Waals surface area contributed by atoms with E-state index in [9.17, 15) is 4.79 Å². The lowest BCUT2D eigenvalue weighted by atomic mass is 10.6. The summed E-state index contributed by atoms with van der Waals surface area (Å²) in [6, 6.07) is 1.53. The number of hydrogen-bond donors (Lipinski definition) is 1. The van der Waals surface area contributed by atoms with Gasteiger partial charge in [-0.3, -0.25) is 0 Å². The van der Waals surface area contributed by atoms with Crippen molar-refractivity contribution in [2.24, 2.45) is 0 Å². The maximum Gasteiger partial charge on any atom is 0.335 e. The number of nitrogens with zero attached hydrogens (tertiary/aromatic N) is 1. The third-order valence-electron chi connectivity index (χ3n) is 1.43. The summed E-state index contributed by atoms with van der Waals surface area (Å²) in [6.45, 7) is 2.92. The lowest BCUT2D eigenvalue weighted by Gasteiger charge is -1.97. The van der Waals surface area contributed by atoms with Crippen LogP contribution in [0.15, 0.2) is 22.2 Å². The normalized spacial score (nSPS) is 10.0. The van der Waals surface area contributed by atoms with E-state index in [0.29, 0.717) is 0 Å². The van der Waals surface area contributed by atoms with Crippen molar-refractivity contribution >= 4 is 11.8 Å². The summed E-state index contributed by atoms with van der Waals surface area (Å²) in [5, 5.41) is 0.903. The fourth-order valence-electron chi connectivity index (χ4n) is 0.862. The first-order valence-electron chi connectivity index (χ1n) is 3.44. The maximum absolute atomic E-state index is 10.8. The zero-order valence-corrected chi connectivity index (χ0v) is 7.44. The summed E-state index contributed by atoms with van der Waals surface area (Å²) in [6.07, 6.45) is 3.74. The number of aromatic nitrogens is 2. The highest BCUT2D eigenvalue weighted by Gasteiger charge is 2.05. The van der Waals surface area contributed by atoms with Gasteiger partial charge in [-0.1, -0.05) is 0 Å². The molecular formula is C7H11N2OS+. The molecule has 0 spiro atoms. The van der Waals surface area contributed by atoms with Crippen LogP contribution in [0.2, 0.25) is 0 Å². The van der Waals surface area contributed by atoms with E-state index in [1.165, 1.54) is 6.07 Å². The molecule has 1 N–H and O–H groups in total. The minimum absolute atomic E-state index is 0.0425. The molecule has 0 saturated carbocycles. The molecule has 0 aliphatic carbocycles. The molecule has 4 heteroatoms. The molecular weight excluding hydrogens is 160 g/mol. The highest BCUT2D eigenvalue weighted by Crippen LogP contribution is 2.00. The van der Waals surface area contributed by atoms with Crippen LogP contribution >= 0.6 is 11.8 Å². The second-order valence-corrected chi connectivity index (χ2v) is 2.90. The Hall–Kier alpha value is -0.770. The number of aryl methyl sites for hydroxylation is 1. The van der Waals surface area contributed by atoms with Gasteiger partial charge in [-0.25, -0.2) is 14.3 Å². The van der Waals surface area contributed by atoms with Crippen LogP contribution in [0.1, 0.15) is 6.92 Å². The topological polar surface area (TPSA) is 36.7 Å². The minimum atomic E-state index is -0.0425. The monoisotopic (exact) mass is 171 g/mol. The smallest absolute Gasteiger partial charge is 0.241 e. The van der Waals surface area contributed by atoms with E-state index in [2.05, 4.69) is 4.98 Å². The van der Waals surface area contributed by atoms with Gasteiger partial charge in [-0.05, 0) is 24.9 Å². The largest absolute Gasteiger partial charge is 0.335 e. The van der Waals surface area contributed by atoms with Crippen molar-refractivity contribution in [3.63, 3.8) is 0 Å². The molecule has 0 amide bonds. The minimum Gasteiger partial charge on any atom is -0.241 e. The molecule has 0 aliphatic heterocycles. The molecule has 0 saturated heterocycles. The summed E-state index contributed by atoms with van der Waals surface area (Å²) in [5.74, 6) is 0. The summed E-state index contributed by atoms with van der Waals surface area (Å²) >= 11 is 1.54. The number of H-pyrrole nitrogens is 1. The SMILES string of the molecule is CC[n+]1ccc(=O)[nH]c1SC. The predicted molar refractivity (Wildman–Crippen MR) is 44.7 cm³/mol. The number of hydrogen-bond acceptors (Lipinski definition) is 2. The second-order valence-electron chi connectivity index (χ2n) is 2.10. The Labute approximate surface area is 69.5 Å². The molecule has 0 fully saturated rings. The number of nitrogens with one attached hydrogen (secondary N) is 1. The van der Waals surface area contributed by atoms with Gasteiger partial charge >= 0.3 is 10.7 Å². The molecule has 1 aromatic rings. The summed E-state index contributed by atoms with van der Waals surface area (Å²) in [5.41, 5.74) is -0.0425. The van der Waals surface area contributed by atoms with E-state index in [1.54, 1.807) is 18.0 Å². The van der Waals surface area contributed by atoms with Crippen LogP contribution in [0.5, 0.6) is 0 Å². The van der Waals surface area contributed by atoms with Crippen molar-refractivity contribution < 1.29 is 4.57 Å². The summed E-state index contributed by atoms with van der Waals surface area (Å²) < 4.78 is 1.99. The van der Waals surface area contributed by atoms with Crippen LogP contribution in [0.3, 0.4) is 0 Å². The molecule has 0 atom stereocenters. The fourth-order valence-corrected chi connectivity index (χ4v) is 1.49. The Balaban J connectivity index is 3.16. The van der Waals surface area contributed by atoms with E-state index in [-0.39, 0.29) is 5.56 Å². The Morgan fingerprint density at radius 3 is 3.00 bits per heavy atom. The van der Waals surface area contributed by atoms with Crippen LogP contribution in [-0.4, -0.2) is 11.2 Å². The van der Waals surface area contributed by atoms with Gasteiger partial charge in [0.1, 0.15) is 0 Å². The molecule has 1 heterocycles. The molecule has 11 heavy (non-hydrogen) atoms. The van der Waals surface area contributed by atoms with Gasteiger partial charge in [0.15, 0.2) is 0 Å². The van der Waals surface area contributed by atoms with E-state index >= 15 is 0 Å². The molecule has 3 nitrogen and oxygen atoms in total. The van der Waals surface area contributed by atoms with Gasteiger partial charge in [0.25, 0.3) is 0 Å². The van der Waals surface area contributed by atoms with Crippen LogP contribution in [0.25, 0.3) is 0 Å². The van der Waals surface area contributed by atoms with Crippen molar-refractivity contribution in [3.05, 3.63) is 22.6 Å². The van der Waals surface area contributed by atoms with Gasteiger partial charge in [0, 0.05) is 0 Å². The first-order valence-corrected chi connectivity index (χ1v) is 4.67. The molecule has 0 unspecified atom stereocenters. The first-order chi connectivity index (χ1) is 5.27. The lowest BCUT2D eigenvalue weighted by molar-refractivity contribution is -0.734. The van der Waals surface area contributed by atoms with Gasteiger partial charge in [0.2, 0.25) is 0 Å². The van der Waals surface area contributed by atoms with Gasteiger partial charge in [0.05, 0.1) is 18.8 Å². The average molecular weight is 171 g/mol. The van der Waals surface area contributed by atoms with Crippen molar-refractivity contribution in [1.82, 2.24) is 4.98 Å². The quantitative estimate of drug-likeness (QED) is 0.397. The van der Waals surface area contributed by atoms with Gasteiger partial charge in [-0.2, -0.15) is 0 Å². The molecule has 0 radical (unpaired) electrons. The van der Waals surface area contributed by atoms with E-state index in [4.69, 9.17) is 0 Å². The van der Waals surface area contributed by atoms with Crippen molar-refractivity contribution in [2.75, 3.05) is 6.26 Å². The van der Waals surface area contributed by atoms with Crippen LogP contribution in [-0.2, 0) is 6.54 Å². The van der Waals surface area contributed by atoms with Crippen LogP contribution < -0.4 is 10.1 Å². The Kier molecular flexibility index (Phi) is 2.70. The number of thioether (sulfide) groups is 1. The van der Waals surface area contributed by atoms with Gasteiger partial charge in [-0.15, -0.1) is 0 Å². The van der Waals surface area contributed by atoms with Crippen molar-refractivity contribution in [2.45, 2.75) is 18.6 Å². The van der Waals surface area contributed by atoms with Crippen LogP contribution in [0.4, 0.5) is 0 Å². The average Bonchev–Trinajstić information content (AvgIpc) is 2.04. The van der Waals surface area contributed by atoms with Gasteiger partial charge < -0.3 is 0 Å². The van der Waals surface area contributed by atoms with Crippen molar-refractivity contribution in [1.29, 1.82) is 0 Å². The zero-order chi connectivity index (χ0) is 8.27.